The van der Waals surface area contributed by atoms with Crippen molar-refractivity contribution in [2.45, 2.75) is 25.9 Å². The van der Waals surface area contributed by atoms with Gasteiger partial charge in [-0.25, -0.2) is 8.78 Å². The van der Waals surface area contributed by atoms with Crippen LogP contribution in [0.15, 0.2) is 46.9 Å². The van der Waals surface area contributed by atoms with Crippen molar-refractivity contribution in [1.82, 2.24) is 4.90 Å². The first-order valence-corrected chi connectivity index (χ1v) is 8.79. The second-order valence-electron chi connectivity index (χ2n) is 6.15. The molecule has 0 bridgehead atoms. The number of likely N-dealkylation sites (tertiary alicyclic amines) is 1. The predicted octanol–water partition coefficient (Wildman–Crippen LogP) is 4.82. The smallest absolute Gasteiger partial charge is 0.267 e. The summed E-state index contributed by atoms with van der Waals surface area (Å²) in [5, 5.41) is 0. The molecule has 0 radical (unpaired) electrons. The summed E-state index contributed by atoms with van der Waals surface area (Å²) in [6, 6.07) is 13.2. The van der Waals surface area contributed by atoms with E-state index in [1.165, 1.54) is 4.90 Å². The normalized spacial score (nSPS) is 16.1. The molecule has 0 unspecified atom stereocenters. The third-order valence-electron chi connectivity index (χ3n) is 4.27. The lowest BCUT2D eigenvalue weighted by atomic mass is 10.1. The van der Waals surface area contributed by atoms with Gasteiger partial charge in [0, 0.05) is 23.0 Å². The number of ether oxygens (including phenoxy) is 1. The van der Waals surface area contributed by atoms with Crippen LogP contribution in [0.4, 0.5) is 8.78 Å². The number of carbonyl (C=O) groups excluding carboxylic acids is 1. The Labute approximate surface area is 153 Å². The fourth-order valence-corrected chi connectivity index (χ4v) is 3.48. The van der Waals surface area contributed by atoms with E-state index in [0.29, 0.717) is 28.0 Å². The van der Waals surface area contributed by atoms with Crippen LogP contribution in [0.5, 0.6) is 5.75 Å². The third kappa shape index (κ3) is 4.00. The Balaban J connectivity index is 1.81. The number of amides is 1. The molecule has 1 saturated heterocycles. The minimum Gasteiger partial charge on any atom is -0.489 e. The molecule has 0 aliphatic carbocycles. The van der Waals surface area contributed by atoms with Crippen molar-refractivity contribution in [3.8, 4) is 5.75 Å². The molecule has 0 atom stereocenters. The number of halogens is 3. The van der Waals surface area contributed by atoms with Gasteiger partial charge in [-0.15, -0.1) is 0 Å². The minimum atomic E-state index is -2.81. The lowest BCUT2D eigenvalue weighted by molar-refractivity contribution is 0.0120. The number of hydrogen-bond donors (Lipinski definition) is 0. The van der Waals surface area contributed by atoms with E-state index in [1.807, 2.05) is 30.3 Å². The van der Waals surface area contributed by atoms with Gasteiger partial charge in [-0.2, -0.15) is 0 Å². The van der Waals surface area contributed by atoms with Crippen LogP contribution in [-0.4, -0.2) is 29.8 Å². The van der Waals surface area contributed by atoms with Crippen LogP contribution in [0.1, 0.15) is 27.9 Å². The highest BCUT2D eigenvalue weighted by Gasteiger charge is 2.41. The summed E-state index contributed by atoms with van der Waals surface area (Å²) in [6.07, 6.45) is -0.292. The van der Waals surface area contributed by atoms with Crippen molar-refractivity contribution in [3.05, 3.63) is 63.6 Å². The van der Waals surface area contributed by atoms with Crippen LogP contribution in [0, 0.1) is 6.92 Å². The molecule has 3 nitrogen and oxygen atoms in total. The van der Waals surface area contributed by atoms with E-state index >= 15 is 0 Å². The van der Waals surface area contributed by atoms with E-state index in [2.05, 4.69) is 15.9 Å². The summed E-state index contributed by atoms with van der Waals surface area (Å²) in [5.41, 5.74) is 2.03. The molecule has 3 rings (SSSR count). The SMILES string of the molecule is Cc1c(OCc2ccccc2)ccc(Br)c1C(=O)N1CCC(F)(F)C1. The molecule has 1 aliphatic rings. The molecular weight excluding hydrogens is 392 g/mol. The van der Waals surface area contributed by atoms with Crippen LogP contribution >= 0.6 is 15.9 Å². The second-order valence-corrected chi connectivity index (χ2v) is 7.01. The first kappa shape index (κ1) is 17.9. The monoisotopic (exact) mass is 409 g/mol. The molecule has 2 aromatic rings. The highest BCUT2D eigenvalue weighted by Crippen LogP contribution is 2.33. The van der Waals surface area contributed by atoms with Crippen molar-refractivity contribution in [2.24, 2.45) is 0 Å². The first-order valence-electron chi connectivity index (χ1n) is 8.00. The quantitative estimate of drug-likeness (QED) is 0.724. The lowest BCUT2D eigenvalue weighted by Crippen LogP contribution is -2.32. The standard InChI is InChI=1S/C19H18BrF2NO2/c1-13-16(25-11-14-5-3-2-4-6-14)8-7-15(20)17(13)18(24)23-10-9-19(21,22)12-23/h2-8H,9-12H2,1H3. The van der Waals surface area contributed by atoms with Gasteiger partial charge in [0.25, 0.3) is 11.8 Å². The Hall–Kier alpha value is -1.95. The molecule has 0 saturated carbocycles. The molecule has 0 N–H and O–H groups in total. The average molecular weight is 410 g/mol. The summed E-state index contributed by atoms with van der Waals surface area (Å²) >= 11 is 3.36. The Morgan fingerprint density at radius 1 is 1.24 bits per heavy atom. The number of benzene rings is 2. The van der Waals surface area contributed by atoms with Crippen LogP contribution in [0.25, 0.3) is 0 Å². The van der Waals surface area contributed by atoms with E-state index in [9.17, 15) is 13.6 Å². The molecule has 1 aliphatic heterocycles. The van der Waals surface area contributed by atoms with Crippen LogP contribution in [-0.2, 0) is 6.61 Å². The van der Waals surface area contributed by atoms with E-state index in [-0.39, 0.29) is 13.0 Å². The van der Waals surface area contributed by atoms with Gasteiger partial charge < -0.3 is 9.64 Å². The zero-order valence-corrected chi connectivity index (χ0v) is 15.4. The van der Waals surface area contributed by atoms with Gasteiger partial charge in [-0.05, 0) is 40.5 Å². The van der Waals surface area contributed by atoms with Gasteiger partial charge in [-0.1, -0.05) is 30.3 Å². The molecule has 25 heavy (non-hydrogen) atoms. The lowest BCUT2D eigenvalue weighted by Gasteiger charge is -2.20. The van der Waals surface area contributed by atoms with E-state index in [1.54, 1.807) is 19.1 Å². The molecule has 1 fully saturated rings. The number of alkyl halides is 2. The van der Waals surface area contributed by atoms with E-state index in [4.69, 9.17) is 4.74 Å². The number of hydrogen-bond acceptors (Lipinski definition) is 2. The van der Waals surface area contributed by atoms with Gasteiger partial charge in [0.15, 0.2) is 0 Å². The summed E-state index contributed by atoms with van der Waals surface area (Å²) in [7, 11) is 0. The highest BCUT2D eigenvalue weighted by molar-refractivity contribution is 9.10. The maximum atomic E-state index is 13.4. The summed E-state index contributed by atoms with van der Waals surface area (Å²) in [5.74, 6) is -2.63. The third-order valence-corrected chi connectivity index (χ3v) is 4.93. The molecule has 2 aromatic carbocycles. The molecule has 1 amide bonds. The fourth-order valence-electron chi connectivity index (χ4n) is 2.88. The van der Waals surface area contributed by atoms with Crippen molar-refractivity contribution in [1.29, 1.82) is 0 Å². The van der Waals surface area contributed by atoms with Crippen molar-refractivity contribution in [2.75, 3.05) is 13.1 Å². The van der Waals surface area contributed by atoms with Gasteiger partial charge >= 0.3 is 0 Å². The van der Waals surface area contributed by atoms with E-state index < -0.39 is 18.4 Å². The summed E-state index contributed by atoms with van der Waals surface area (Å²) in [4.78, 5) is 13.9. The first-order chi connectivity index (χ1) is 11.9. The summed E-state index contributed by atoms with van der Waals surface area (Å²) < 4.78 is 33.3. The molecule has 6 heteroatoms. The Morgan fingerprint density at radius 3 is 2.60 bits per heavy atom. The zero-order chi connectivity index (χ0) is 18.0. The second kappa shape index (κ2) is 7.12. The van der Waals surface area contributed by atoms with Crippen LogP contribution in [0.3, 0.4) is 0 Å². The molecular formula is C19H18BrF2NO2. The zero-order valence-electron chi connectivity index (χ0n) is 13.8. The number of rotatable bonds is 4. The maximum Gasteiger partial charge on any atom is 0.267 e. The van der Waals surface area contributed by atoms with Gasteiger partial charge in [-0.3, -0.25) is 4.79 Å². The fraction of sp³-hybridized carbons (Fsp3) is 0.316. The van der Waals surface area contributed by atoms with Crippen LogP contribution in [0.2, 0.25) is 0 Å². The maximum absolute atomic E-state index is 13.4. The minimum absolute atomic E-state index is 0.0623. The van der Waals surface area contributed by atoms with Gasteiger partial charge in [0.05, 0.1) is 12.1 Å². The predicted molar refractivity (Wildman–Crippen MR) is 95.1 cm³/mol. The van der Waals surface area contributed by atoms with Crippen molar-refractivity contribution < 1.29 is 18.3 Å². The Bertz CT molecular complexity index is 780. The van der Waals surface area contributed by atoms with Gasteiger partial charge in [0.1, 0.15) is 12.4 Å². The highest BCUT2D eigenvalue weighted by atomic mass is 79.9. The Kier molecular flexibility index (Phi) is 5.08. The largest absolute Gasteiger partial charge is 0.489 e. The number of nitrogens with zero attached hydrogens (tertiary/aromatic N) is 1. The molecule has 132 valence electrons. The molecule has 1 heterocycles. The van der Waals surface area contributed by atoms with Crippen molar-refractivity contribution >= 4 is 21.8 Å². The topological polar surface area (TPSA) is 29.5 Å². The van der Waals surface area contributed by atoms with Crippen LogP contribution < -0.4 is 4.74 Å². The van der Waals surface area contributed by atoms with E-state index in [0.717, 1.165) is 5.56 Å². The molecule has 0 aromatic heterocycles. The summed E-state index contributed by atoms with van der Waals surface area (Å²) in [6.45, 7) is 1.67. The average Bonchev–Trinajstić information content (AvgIpc) is 2.95. The Morgan fingerprint density at radius 2 is 1.96 bits per heavy atom. The van der Waals surface area contributed by atoms with Gasteiger partial charge in [0.2, 0.25) is 0 Å². The number of carbonyl (C=O) groups is 1. The van der Waals surface area contributed by atoms with Crippen molar-refractivity contribution in [3.63, 3.8) is 0 Å². The molecule has 0 spiro atoms.